The SMILES string of the molecule is S=c1nc(-c2cc3sccc3s2)[nH][nH]1. The summed E-state index contributed by atoms with van der Waals surface area (Å²) in [6.45, 7) is 0. The topological polar surface area (TPSA) is 44.5 Å². The number of H-pyrrole nitrogens is 2. The van der Waals surface area contributed by atoms with E-state index in [1.54, 1.807) is 22.7 Å². The van der Waals surface area contributed by atoms with Gasteiger partial charge in [-0.05, 0) is 29.7 Å². The molecule has 0 saturated heterocycles. The van der Waals surface area contributed by atoms with E-state index in [0.717, 1.165) is 10.7 Å². The van der Waals surface area contributed by atoms with Crippen LogP contribution in [0.15, 0.2) is 17.5 Å². The minimum Gasteiger partial charge on any atom is -0.281 e. The highest BCUT2D eigenvalue weighted by atomic mass is 32.1. The number of aromatic amines is 2. The second-order valence-electron chi connectivity index (χ2n) is 2.78. The average molecular weight is 239 g/mol. The van der Waals surface area contributed by atoms with Crippen molar-refractivity contribution in [3.63, 3.8) is 0 Å². The van der Waals surface area contributed by atoms with Crippen LogP contribution in [-0.2, 0) is 0 Å². The molecule has 2 N–H and O–H groups in total. The van der Waals surface area contributed by atoms with Crippen LogP contribution in [0.4, 0.5) is 0 Å². The third-order valence-electron chi connectivity index (χ3n) is 1.87. The van der Waals surface area contributed by atoms with Gasteiger partial charge in [-0.1, -0.05) is 0 Å². The molecule has 0 aliphatic heterocycles. The monoisotopic (exact) mass is 239 g/mol. The van der Waals surface area contributed by atoms with Gasteiger partial charge in [0.15, 0.2) is 5.82 Å². The van der Waals surface area contributed by atoms with Gasteiger partial charge in [-0.25, -0.2) is 0 Å². The molecule has 3 heterocycles. The van der Waals surface area contributed by atoms with E-state index in [4.69, 9.17) is 12.2 Å². The Hall–Kier alpha value is -0.980. The molecule has 0 aliphatic rings. The highest BCUT2D eigenvalue weighted by Gasteiger charge is 2.06. The lowest BCUT2D eigenvalue weighted by molar-refractivity contribution is 1.08. The van der Waals surface area contributed by atoms with Crippen LogP contribution < -0.4 is 0 Å². The van der Waals surface area contributed by atoms with Crippen molar-refractivity contribution in [2.45, 2.75) is 0 Å². The first-order chi connectivity index (χ1) is 6.83. The van der Waals surface area contributed by atoms with Gasteiger partial charge in [-0.2, -0.15) is 4.98 Å². The summed E-state index contributed by atoms with van der Waals surface area (Å²) in [7, 11) is 0. The standard InChI is InChI=1S/C8H5N3S3/c12-8-9-7(10-11-8)6-3-5-4(14-6)1-2-13-5/h1-3H,(H2,9,10,11,12). The molecule has 14 heavy (non-hydrogen) atoms. The zero-order chi connectivity index (χ0) is 9.54. The molecule has 0 aliphatic carbocycles. The van der Waals surface area contributed by atoms with Gasteiger partial charge >= 0.3 is 0 Å². The number of fused-ring (bicyclic) bond motifs is 1. The minimum absolute atomic E-state index is 0.497. The fourth-order valence-corrected chi connectivity index (χ4v) is 3.47. The van der Waals surface area contributed by atoms with E-state index in [-0.39, 0.29) is 0 Å². The molecular formula is C8H5N3S3. The van der Waals surface area contributed by atoms with Crippen molar-refractivity contribution in [3.05, 3.63) is 22.3 Å². The van der Waals surface area contributed by atoms with Crippen molar-refractivity contribution >= 4 is 44.3 Å². The third kappa shape index (κ3) is 1.23. The number of hydrogen-bond donors (Lipinski definition) is 2. The van der Waals surface area contributed by atoms with Gasteiger partial charge in [0.25, 0.3) is 0 Å². The van der Waals surface area contributed by atoms with Crippen molar-refractivity contribution in [1.82, 2.24) is 15.2 Å². The molecule has 0 aromatic carbocycles. The summed E-state index contributed by atoms with van der Waals surface area (Å²) in [6.07, 6.45) is 0. The molecule has 3 rings (SSSR count). The molecule has 3 aromatic heterocycles. The summed E-state index contributed by atoms with van der Waals surface area (Å²) in [6, 6.07) is 4.25. The van der Waals surface area contributed by atoms with Gasteiger partial charge in [-0.15, -0.1) is 22.7 Å². The number of nitrogens with zero attached hydrogens (tertiary/aromatic N) is 1. The molecule has 0 unspecified atom stereocenters. The second-order valence-corrected chi connectivity index (χ2v) is 5.19. The summed E-state index contributed by atoms with van der Waals surface area (Å²) in [5.41, 5.74) is 0. The van der Waals surface area contributed by atoms with Gasteiger partial charge < -0.3 is 0 Å². The highest BCUT2D eigenvalue weighted by Crippen LogP contribution is 2.34. The summed E-state index contributed by atoms with van der Waals surface area (Å²) in [5, 5.41) is 7.83. The lowest BCUT2D eigenvalue weighted by atomic mass is 10.4. The molecule has 70 valence electrons. The van der Waals surface area contributed by atoms with Crippen molar-refractivity contribution in [2.24, 2.45) is 0 Å². The van der Waals surface area contributed by atoms with E-state index in [1.165, 1.54) is 9.40 Å². The molecule has 0 bridgehead atoms. The van der Waals surface area contributed by atoms with Crippen LogP contribution in [0, 0.1) is 4.77 Å². The van der Waals surface area contributed by atoms with Gasteiger partial charge in [0.1, 0.15) is 0 Å². The van der Waals surface area contributed by atoms with Gasteiger partial charge in [0.2, 0.25) is 4.77 Å². The Labute approximate surface area is 92.4 Å². The fraction of sp³-hybridized carbons (Fsp3) is 0. The van der Waals surface area contributed by atoms with Crippen molar-refractivity contribution in [3.8, 4) is 10.7 Å². The van der Waals surface area contributed by atoms with Gasteiger partial charge in [0.05, 0.1) is 4.88 Å². The Bertz CT molecular complexity index is 599. The molecule has 0 spiro atoms. The lowest BCUT2D eigenvalue weighted by Crippen LogP contribution is -1.73. The van der Waals surface area contributed by atoms with E-state index in [0.29, 0.717) is 4.77 Å². The molecule has 3 aromatic rings. The van der Waals surface area contributed by atoms with Crippen molar-refractivity contribution in [2.75, 3.05) is 0 Å². The largest absolute Gasteiger partial charge is 0.281 e. The summed E-state index contributed by atoms with van der Waals surface area (Å²) in [5.74, 6) is 0.823. The van der Waals surface area contributed by atoms with Gasteiger partial charge in [0, 0.05) is 9.40 Å². The molecule has 0 saturated carbocycles. The first kappa shape index (κ1) is 8.34. The molecular weight excluding hydrogens is 234 g/mol. The lowest BCUT2D eigenvalue weighted by Gasteiger charge is -1.84. The zero-order valence-electron chi connectivity index (χ0n) is 6.90. The molecule has 0 fully saturated rings. The van der Waals surface area contributed by atoms with Gasteiger partial charge in [-0.3, -0.25) is 10.2 Å². The highest BCUT2D eigenvalue weighted by molar-refractivity contribution is 7.71. The first-order valence-corrected chi connectivity index (χ1v) is 6.05. The summed E-state index contributed by atoms with van der Waals surface area (Å²) in [4.78, 5) is 5.30. The van der Waals surface area contributed by atoms with Crippen molar-refractivity contribution < 1.29 is 0 Å². The van der Waals surface area contributed by atoms with E-state index in [2.05, 4.69) is 32.7 Å². The Balaban J connectivity index is 2.23. The Morgan fingerprint density at radius 3 is 2.93 bits per heavy atom. The first-order valence-electron chi connectivity index (χ1n) is 3.95. The van der Waals surface area contributed by atoms with Crippen LogP contribution in [0.2, 0.25) is 0 Å². The Morgan fingerprint density at radius 2 is 2.21 bits per heavy atom. The molecule has 6 heteroatoms. The molecule has 0 amide bonds. The van der Waals surface area contributed by atoms with Crippen LogP contribution in [0.1, 0.15) is 0 Å². The van der Waals surface area contributed by atoms with Crippen LogP contribution in [-0.4, -0.2) is 15.2 Å². The van der Waals surface area contributed by atoms with Crippen LogP contribution in [0.25, 0.3) is 20.1 Å². The van der Waals surface area contributed by atoms with Crippen LogP contribution in [0.5, 0.6) is 0 Å². The average Bonchev–Trinajstić information content (AvgIpc) is 2.75. The van der Waals surface area contributed by atoms with E-state index in [9.17, 15) is 0 Å². The van der Waals surface area contributed by atoms with Crippen molar-refractivity contribution in [1.29, 1.82) is 0 Å². The quantitative estimate of drug-likeness (QED) is 0.639. The normalized spacial score (nSPS) is 11.1. The molecule has 0 radical (unpaired) electrons. The predicted octanol–water partition coefficient (Wildman–Crippen LogP) is 3.41. The van der Waals surface area contributed by atoms with E-state index < -0.39 is 0 Å². The predicted molar refractivity (Wildman–Crippen MR) is 62.5 cm³/mol. The van der Waals surface area contributed by atoms with Crippen LogP contribution >= 0.6 is 34.9 Å². The minimum atomic E-state index is 0.497. The zero-order valence-corrected chi connectivity index (χ0v) is 9.35. The summed E-state index contributed by atoms with van der Waals surface area (Å²) >= 11 is 8.37. The maximum Gasteiger partial charge on any atom is 0.213 e. The third-order valence-corrected chi connectivity index (χ3v) is 4.17. The van der Waals surface area contributed by atoms with E-state index in [1.807, 2.05) is 0 Å². The fourth-order valence-electron chi connectivity index (χ4n) is 1.27. The number of rotatable bonds is 1. The molecule has 0 atom stereocenters. The molecule has 3 nitrogen and oxygen atoms in total. The summed E-state index contributed by atoms with van der Waals surface area (Å²) < 4.78 is 3.09. The Morgan fingerprint density at radius 1 is 1.29 bits per heavy atom. The number of nitrogens with one attached hydrogen (secondary N) is 2. The smallest absolute Gasteiger partial charge is 0.213 e. The maximum atomic E-state index is 4.90. The second kappa shape index (κ2) is 3.01. The van der Waals surface area contributed by atoms with Crippen LogP contribution in [0.3, 0.4) is 0 Å². The maximum absolute atomic E-state index is 4.90. The number of hydrogen-bond acceptors (Lipinski definition) is 4. The van der Waals surface area contributed by atoms with E-state index >= 15 is 0 Å². The number of thiophene rings is 2. The Kier molecular flexibility index (Phi) is 1.79. The number of aromatic nitrogens is 3.